The van der Waals surface area contributed by atoms with Crippen LogP contribution in [0.4, 0.5) is 0 Å². The van der Waals surface area contributed by atoms with Crippen molar-refractivity contribution >= 4 is 34.8 Å². The van der Waals surface area contributed by atoms with E-state index in [1.54, 1.807) is 54.7 Å². The number of pyridine rings is 1. The maximum atomic E-state index is 13.2. The molecule has 3 aromatic rings. The highest BCUT2D eigenvalue weighted by molar-refractivity contribution is 7.18. The normalized spacial score (nSPS) is 21.3. The first-order chi connectivity index (χ1) is 19.5. The Labute approximate surface area is 242 Å². The molecule has 3 atom stereocenters. The number of carbonyl (C=O) groups excluding carboxylic acids is 2. The van der Waals surface area contributed by atoms with Gasteiger partial charge in [0, 0.05) is 61.8 Å². The Balaban J connectivity index is 1.21. The van der Waals surface area contributed by atoms with Crippen molar-refractivity contribution in [3.8, 4) is 5.69 Å². The fraction of sp³-hybridized carbons (Fsp3) is 0.414. The number of nitrogens with one attached hydrogen (secondary N) is 2. The third-order valence-corrected chi connectivity index (χ3v) is 8.56. The molecule has 0 radical (unpaired) electrons. The predicted octanol–water partition coefficient (Wildman–Crippen LogP) is 3.21. The van der Waals surface area contributed by atoms with Crippen LogP contribution in [0.25, 0.3) is 5.69 Å². The fourth-order valence-corrected chi connectivity index (χ4v) is 6.15. The second-order valence-electron chi connectivity index (χ2n) is 10.1. The summed E-state index contributed by atoms with van der Waals surface area (Å²) in [5, 5.41) is 6.23. The van der Waals surface area contributed by atoms with Gasteiger partial charge in [-0.15, -0.1) is 11.3 Å². The van der Waals surface area contributed by atoms with Gasteiger partial charge in [-0.05, 0) is 61.2 Å². The van der Waals surface area contributed by atoms with Crippen LogP contribution in [0.2, 0.25) is 4.34 Å². The first-order valence-corrected chi connectivity index (χ1v) is 14.7. The van der Waals surface area contributed by atoms with Crippen LogP contribution in [-0.2, 0) is 9.47 Å². The van der Waals surface area contributed by atoms with Crippen LogP contribution in [0.3, 0.4) is 0 Å². The maximum absolute atomic E-state index is 13.2. The smallest absolute Gasteiger partial charge is 0.261 e. The third kappa shape index (κ3) is 7.38. The van der Waals surface area contributed by atoms with E-state index in [0.717, 1.165) is 32.8 Å². The second kappa shape index (κ2) is 13.6. The Hall–Kier alpha value is -3.02. The van der Waals surface area contributed by atoms with Gasteiger partial charge in [-0.1, -0.05) is 17.7 Å². The zero-order chi connectivity index (χ0) is 27.9. The number of ether oxygens (including phenoxy) is 2. The zero-order valence-electron chi connectivity index (χ0n) is 22.1. The number of nitrogens with zero attached hydrogens (tertiary/aromatic N) is 2. The molecular formula is C29H33ClN4O5S. The number of hydrogen-bond acceptors (Lipinski definition) is 7. The lowest BCUT2D eigenvalue weighted by Gasteiger charge is -2.26. The molecule has 1 saturated carbocycles. The molecule has 0 unspecified atom stereocenters. The molecule has 1 aliphatic carbocycles. The summed E-state index contributed by atoms with van der Waals surface area (Å²) in [7, 11) is 0. The number of amides is 2. The van der Waals surface area contributed by atoms with Gasteiger partial charge in [-0.2, -0.15) is 0 Å². The highest BCUT2D eigenvalue weighted by atomic mass is 35.5. The van der Waals surface area contributed by atoms with E-state index in [0.29, 0.717) is 46.5 Å². The number of carbonyl (C=O) groups is 2. The molecular weight excluding hydrogens is 552 g/mol. The van der Waals surface area contributed by atoms with Crippen LogP contribution in [-0.4, -0.2) is 79.4 Å². The first-order valence-electron chi connectivity index (χ1n) is 13.5. The van der Waals surface area contributed by atoms with Crippen molar-refractivity contribution in [2.45, 2.75) is 24.9 Å². The molecule has 3 heterocycles. The van der Waals surface area contributed by atoms with Crippen LogP contribution in [0.15, 0.2) is 65.6 Å². The number of hydrogen-bond donors (Lipinski definition) is 2. The van der Waals surface area contributed by atoms with Crippen molar-refractivity contribution < 1.29 is 19.1 Å². The summed E-state index contributed by atoms with van der Waals surface area (Å²) >= 11 is 7.26. The van der Waals surface area contributed by atoms with Crippen LogP contribution in [0, 0.1) is 5.92 Å². The van der Waals surface area contributed by atoms with E-state index in [1.807, 2.05) is 0 Å². The number of thiophene rings is 1. The molecule has 0 bridgehead atoms. The monoisotopic (exact) mass is 584 g/mol. The van der Waals surface area contributed by atoms with E-state index in [4.69, 9.17) is 21.1 Å². The maximum Gasteiger partial charge on any atom is 0.261 e. The Morgan fingerprint density at radius 3 is 2.38 bits per heavy atom. The molecule has 11 heteroatoms. The number of halogens is 1. The van der Waals surface area contributed by atoms with Crippen molar-refractivity contribution in [2.24, 2.45) is 5.92 Å². The molecule has 1 aliphatic heterocycles. The van der Waals surface area contributed by atoms with Crippen molar-refractivity contribution in [1.29, 1.82) is 0 Å². The Bertz CT molecular complexity index is 1350. The molecule has 1 aromatic carbocycles. The number of morpholine rings is 1. The lowest BCUT2D eigenvalue weighted by Crippen LogP contribution is -2.48. The van der Waals surface area contributed by atoms with Gasteiger partial charge in [0.15, 0.2) is 0 Å². The van der Waals surface area contributed by atoms with Crippen LogP contribution in [0.5, 0.6) is 0 Å². The molecule has 2 fully saturated rings. The third-order valence-electron chi connectivity index (χ3n) is 7.33. The van der Waals surface area contributed by atoms with Gasteiger partial charge in [0.1, 0.15) is 0 Å². The van der Waals surface area contributed by atoms with E-state index < -0.39 is 0 Å². The SMILES string of the molecule is O=C(N[C@@H]1C[C@@H](COCCN2CCOCC2)C[C@H]1NC(=O)c1ccc(Cl)s1)c1ccc(-n2ccccc2=O)cc1. The standard InChI is InChI=1S/C29H33ClN4O5S/c30-26-9-8-25(40-26)29(37)32-24-18-20(19-39-16-13-33-11-14-38-15-12-33)17-23(24)31-28(36)21-4-6-22(7-5-21)34-10-2-1-3-27(34)35/h1-10,20,23-24H,11-19H2,(H,31,36)(H,32,37)/t20-,23-,24-/m1/s1. The van der Waals surface area contributed by atoms with Gasteiger partial charge in [0.25, 0.3) is 17.4 Å². The van der Waals surface area contributed by atoms with Crippen LogP contribution < -0.4 is 16.2 Å². The lowest BCUT2D eigenvalue weighted by molar-refractivity contribution is 0.0158. The Kier molecular flexibility index (Phi) is 9.66. The number of benzene rings is 1. The first kappa shape index (κ1) is 28.5. The van der Waals surface area contributed by atoms with E-state index in [-0.39, 0.29) is 35.4 Å². The van der Waals surface area contributed by atoms with Crippen molar-refractivity contribution in [3.05, 3.63) is 85.9 Å². The van der Waals surface area contributed by atoms with Gasteiger partial charge < -0.3 is 20.1 Å². The van der Waals surface area contributed by atoms with Crippen LogP contribution >= 0.6 is 22.9 Å². The van der Waals surface area contributed by atoms with E-state index in [9.17, 15) is 14.4 Å². The summed E-state index contributed by atoms with van der Waals surface area (Å²) in [4.78, 5) is 41.1. The Morgan fingerprint density at radius 2 is 1.70 bits per heavy atom. The summed E-state index contributed by atoms with van der Waals surface area (Å²) in [6.07, 6.45) is 3.08. The van der Waals surface area contributed by atoms with E-state index in [2.05, 4.69) is 15.5 Å². The van der Waals surface area contributed by atoms with Crippen molar-refractivity contribution in [2.75, 3.05) is 46.1 Å². The molecule has 1 saturated heterocycles. The molecule has 40 heavy (non-hydrogen) atoms. The largest absolute Gasteiger partial charge is 0.380 e. The minimum Gasteiger partial charge on any atom is -0.380 e. The van der Waals surface area contributed by atoms with Crippen molar-refractivity contribution in [3.63, 3.8) is 0 Å². The molecule has 212 valence electrons. The summed E-state index contributed by atoms with van der Waals surface area (Å²) in [6, 6.07) is 14.8. The second-order valence-corrected chi connectivity index (χ2v) is 11.8. The average molecular weight is 585 g/mol. The molecule has 2 aromatic heterocycles. The van der Waals surface area contributed by atoms with E-state index >= 15 is 0 Å². The highest BCUT2D eigenvalue weighted by Crippen LogP contribution is 2.28. The topological polar surface area (TPSA) is 102 Å². The summed E-state index contributed by atoms with van der Waals surface area (Å²) < 4.78 is 13.5. The summed E-state index contributed by atoms with van der Waals surface area (Å²) in [6.45, 7) is 5.42. The minimum absolute atomic E-state index is 0.144. The van der Waals surface area contributed by atoms with Gasteiger partial charge in [0.05, 0.1) is 29.0 Å². The van der Waals surface area contributed by atoms with Gasteiger partial charge >= 0.3 is 0 Å². The minimum atomic E-state index is -0.254. The Morgan fingerprint density at radius 1 is 0.975 bits per heavy atom. The van der Waals surface area contributed by atoms with E-state index in [1.165, 1.54) is 22.0 Å². The number of rotatable bonds is 10. The lowest BCUT2D eigenvalue weighted by atomic mass is 10.1. The van der Waals surface area contributed by atoms with Gasteiger partial charge in [-0.25, -0.2) is 0 Å². The average Bonchev–Trinajstić information content (AvgIpc) is 3.57. The highest BCUT2D eigenvalue weighted by Gasteiger charge is 2.36. The molecule has 2 amide bonds. The van der Waals surface area contributed by atoms with Crippen molar-refractivity contribution in [1.82, 2.24) is 20.1 Å². The predicted molar refractivity (Wildman–Crippen MR) is 155 cm³/mol. The van der Waals surface area contributed by atoms with Gasteiger partial charge in [0.2, 0.25) is 0 Å². The summed E-state index contributed by atoms with van der Waals surface area (Å²) in [5.74, 6) is -0.239. The van der Waals surface area contributed by atoms with Gasteiger partial charge in [-0.3, -0.25) is 23.9 Å². The number of aromatic nitrogens is 1. The molecule has 2 N–H and O–H groups in total. The fourth-order valence-electron chi connectivity index (χ4n) is 5.21. The molecule has 5 rings (SSSR count). The quantitative estimate of drug-likeness (QED) is 0.355. The zero-order valence-corrected chi connectivity index (χ0v) is 23.7. The van der Waals surface area contributed by atoms with Crippen LogP contribution in [0.1, 0.15) is 32.9 Å². The molecule has 0 spiro atoms. The molecule has 9 nitrogen and oxygen atoms in total. The summed E-state index contributed by atoms with van der Waals surface area (Å²) in [5.41, 5.74) is 1.01. The molecule has 2 aliphatic rings.